The van der Waals surface area contributed by atoms with Crippen molar-refractivity contribution in [3.8, 4) is 0 Å². The van der Waals surface area contributed by atoms with E-state index in [0.717, 1.165) is 11.3 Å². The molecule has 11 heteroatoms. The largest absolute Gasteiger partial charge is 0.444 e. The number of carbonyl (C=O) groups is 3. The summed E-state index contributed by atoms with van der Waals surface area (Å²) in [4.78, 5) is 47.2. The molecule has 226 valence electrons. The number of halogens is 1. The maximum atomic E-state index is 15.0. The number of hydrogen-bond donors (Lipinski definition) is 1. The fraction of sp³-hybridized carbons (Fsp3) is 0.484. The van der Waals surface area contributed by atoms with E-state index in [2.05, 4.69) is 15.2 Å². The molecule has 0 spiro atoms. The summed E-state index contributed by atoms with van der Waals surface area (Å²) in [5.74, 6) is -0.633. The van der Waals surface area contributed by atoms with Crippen LogP contribution in [0.5, 0.6) is 0 Å². The van der Waals surface area contributed by atoms with Crippen molar-refractivity contribution in [2.75, 3.05) is 49.5 Å². The minimum absolute atomic E-state index is 0.173. The first-order chi connectivity index (χ1) is 19.7. The summed E-state index contributed by atoms with van der Waals surface area (Å²) in [6, 6.07) is 7.93. The lowest BCUT2D eigenvalue weighted by Crippen LogP contribution is -2.50. The minimum atomic E-state index is -0.582. The van der Waals surface area contributed by atoms with Crippen molar-refractivity contribution >= 4 is 35.2 Å². The van der Waals surface area contributed by atoms with Gasteiger partial charge >= 0.3 is 12.2 Å². The second-order valence-corrected chi connectivity index (χ2v) is 12.4. The van der Waals surface area contributed by atoms with Gasteiger partial charge in [0.1, 0.15) is 22.8 Å². The van der Waals surface area contributed by atoms with E-state index in [4.69, 9.17) is 9.47 Å². The van der Waals surface area contributed by atoms with Crippen molar-refractivity contribution in [3.05, 3.63) is 59.5 Å². The molecule has 3 heterocycles. The monoisotopic (exact) mass is 581 g/mol. The molecule has 2 aromatic rings. The number of aromatic nitrogens is 1. The van der Waals surface area contributed by atoms with Gasteiger partial charge in [-0.05, 0) is 77.8 Å². The van der Waals surface area contributed by atoms with Gasteiger partial charge in [0.15, 0.2) is 0 Å². The molecular weight excluding hydrogens is 541 g/mol. The third-order valence-corrected chi connectivity index (χ3v) is 6.72. The molecule has 1 fully saturated rings. The van der Waals surface area contributed by atoms with E-state index in [1.54, 1.807) is 34.2 Å². The summed E-state index contributed by atoms with van der Waals surface area (Å²) in [6.45, 7) is 14.1. The molecule has 3 amide bonds. The van der Waals surface area contributed by atoms with Gasteiger partial charge in [-0.2, -0.15) is 0 Å². The molecule has 2 aliphatic rings. The molecule has 0 atom stereocenters. The highest BCUT2D eigenvalue weighted by atomic mass is 19.1. The molecule has 10 nitrogen and oxygen atoms in total. The van der Waals surface area contributed by atoms with Crippen molar-refractivity contribution in [3.63, 3.8) is 0 Å². The maximum Gasteiger partial charge on any atom is 0.410 e. The number of carbonyl (C=O) groups excluding carboxylic acids is 3. The standard InChI is InChI=1S/C31H40FN5O5/c1-30(2,3)41-28(39)36-13-11-21(12-14-36)24-9-7-22(19-25(24)32)27(38)34-26-10-8-23(20-33-26)35-15-17-37(18-16-35)29(40)42-31(4,5)6/h7-11,19-20H,12-18H2,1-6H3,(H,33,34,38). The van der Waals surface area contributed by atoms with Crippen LogP contribution >= 0.6 is 0 Å². The molecule has 2 aliphatic heterocycles. The highest BCUT2D eigenvalue weighted by Gasteiger charge is 2.27. The molecule has 0 bridgehead atoms. The molecule has 4 rings (SSSR count). The summed E-state index contributed by atoms with van der Waals surface area (Å²) >= 11 is 0. The van der Waals surface area contributed by atoms with E-state index in [1.165, 1.54) is 6.07 Å². The Morgan fingerprint density at radius 2 is 1.50 bits per heavy atom. The Hall–Kier alpha value is -4.15. The van der Waals surface area contributed by atoms with Crippen molar-refractivity contribution < 1.29 is 28.2 Å². The van der Waals surface area contributed by atoms with Crippen LogP contribution < -0.4 is 10.2 Å². The number of piperazine rings is 1. The lowest BCUT2D eigenvalue weighted by molar-refractivity contribution is 0.0237. The Morgan fingerprint density at radius 1 is 0.857 bits per heavy atom. The average molecular weight is 582 g/mol. The summed E-state index contributed by atoms with van der Waals surface area (Å²) < 4.78 is 25.9. The van der Waals surface area contributed by atoms with Crippen LogP contribution in [0.4, 0.5) is 25.5 Å². The Bertz CT molecular complexity index is 1340. The second-order valence-electron chi connectivity index (χ2n) is 12.4. The number of ether oxygens (including phenoxy) is 2. The van der Waals surface area contributed by atoms with Crippen LogP contribution in [-0.2, 0) is 9.47 Å². The van der Waals surface area contributed by atoms with E-state index >= 15 is 4.39 Å². The fourth-order valence-corrected chi connectivity index (χ4v) is 4.63. The summed E-state index contributed by atoms with van der Waals surface area (Å²) in [7, 11) is 0. The smallest absolute Gasteiger partial charge is 0.410 e. The number of pyridine rings is 1. The Balaban J connectivity index is 1.31. The highest BCUT2D eigenvalue weighted by molar-refractivity contribution is 6.04. The van der Waals surface area contributed by atoms with E-state index in [1.807, 2.05) is 53.7 Å². The van der Waals surface area contributed by atoms with Crippen LogP contribution in [0.15, 0.2) is 42.6 Å². The zero-order chi connectivity index (χ0) is 30.7. The maximum absolute atomic E-state index is 15.0. The van der Waals surface area contributed by atoms with Crippen molar-refractivity contribution in [2.45, 2.75) is 59.2 Å². The Labute approximate surface area is 246 Å². The van der Waals surface area contributed by atoms with Crippen LogP contribution in [0, 0.1) is 5.82 Å². The quantitative estimate of drug-likeness (QED) is 0.505. The number of nitrogens with one attached hydrogen (secondary N) is 1. The van der Waals surface area contributed by atoms with Crippen molar-refractivity contribution in [2.24, 2.45) is 0 Å². The van der Waals surface area contributed by atoms with E-state index in [0.29, 0.717) is 57.1 Å². The van der Waals surface area contributed by atoms with E-state index in [9.17, 15) is 14.4 Å². The van der Waals surface area contributed by atoms with Crippen LogP contribution in [0.1, 0.15) is 63.9 Å². The van der Waals surface area contributed by atoms with Gasteiger partial charge in [-0.3, -0.25) is 4.79 Å². The van der Waals surface area contributed by atoms with Crippen LogP contribution in [0.2, 0.25) is 0 Å². The first kappa shape index (κ1) is 30.8. The van der Waals surface area contributed by atoms with Crippen LogP contribution in [-0.4, -0.2) is 83.3 Å². The molecule has 0 radical (unpaired) electrons. The highest BCUT2D eigenvalue weighted by Crippen LogP contribution is 2.27. The molecular formula is C31H40FN5O5. The van der Waals surface area contributed by atoms with Gasteiger partial charge in [-0.25, -0.2) is 19.0 Å². The molecule has 42 heavy (non-hydrogen) atoms. The molecule has 1 N–H and O–H groups in total. The molecule has 1 aromatic carbocycles. The van der Waals surface area contributed by atoms with E-state index in [-0.39, 0.29) is 11.7 Å². The zero-order valence-electron chi connectivity index (χ0n) is 25.2. The molecule has 0 saturated carbocycles. The Morgan fingerprint density at radius 3 is 2.02 bits per heavy atom. The average Bonchev–Trinajstić information content (AvgIpc) is 2.92. The number of anilines is 2. The minimum Gasteiger partial charge on any atom is -0.444 e. The molecule has 0 aliphatic carbocycles. The third kappa shape index (κ3) is 8.20. The molecule has 1 saturated heterocycles. The number of nitrogens with zero attached hydrogens (tertiary/aromatic N) is 4. The summed E-state index contributed by atoms with van der Waals surface area (Å²) in [5, 5.41) is 2.72. The number of rotatable bonds is 4. The fourth-order valence-electron chi connectivity index (χ4n) is 4.63. The van der Waals surface area contributed by atoms with Crippen molar-refractivity contribution in [1.29, 1.82) is 0 Å². The van der Waals surface area contributed by atoms with Gasteiger partial charge in [0.05, 0.1) is 11.9 Å². The zero-order valence-corrected chi connectivity index (χ0v) is 25.2. The number of hydrogen-bond acceptors (Lipinski definition) is 7. The van der Waals surface area contributed by atoms with Gasteiger partial charge in [-0.15, -0.1) is 0 Å². The van der Waals surface area contributed by atoms with Crippen molar-refractivity contribution in [1.82, 2.24) is 14.8 Å². The van der Waals surface area contributed by atoms with Gasteiger partial charge in [0.25, 0.3) is 5.91 Å². The number of amides is 3. The predicted octanol–water partition coefficient (Wildman–Crippen LogP) is 5.55. The SMILES string of the molecule is CC(C)(C)OC(=O)N1CC=C(c2ccc(C(=O)Nc3ccc(N4CCN(C(=O)OC(C)(C)C)CC4)cn3)cc2F)CC1. The Kier molecular flexibility index (Phi) is 9.08. The van der Waals surface area contributed by atoms with Gasteiger partial charge in [0.2, 0.25) is 0 Å². The summed E-state index contributed by atoms with van der Waals surface area (Å²) in [5.41, 5.74) is 1.12. The molecule has 1 aromatic heterocycles. The van der Waals surface area contributed by atoms with Gasteiger partial charge in [0, 0.05) is 50.4 Å². The number of benzene rings is 1. The third-order valence-electron chi connectivity index (χ3n) is 6.72. The topological polar surface area (TPSA) is 104 Å². The van der Waals surface area contributed by atoms with Gasteiger partial charge < -0.3 is 29.5 Å². The first-order valence-electron chi connectivity index (χ1n) is 14.2. The van der Waals surface area contributed by atoms with Crippen LogP contribution in [0.3, 0.4) is 0 Å². The van der Waals surface area contributed by atoms with Crippen LogP contribution in [0.25, 0.3) is 5.57 Å². The molecule has 0 unspecified atom stereocenters. The van der Waals surface area contributed by atoms with E-state index < -0.39 is 29.0 Å². The lowest BCUT2D eigenvalue weighted by atomic mass is 9.97. The lowest BCUT2D eigenvalue weighted by Gasteiger charge is -2.36. The van der Waals surface area contributed by atoms with Gasteiger partial charge in [-0.1, -0.05) is 12.1 Å². The normalized spacial score (nSPS) is 16.1. The predicted molar refractivity (Wildman–Crippen MR) is 159 cm³/mol. The second kappa shape index (κ2) is 12.4. The summed E-state index contributed by atoms with van der Waals surface area (Å²) in [6.07, 6.45) is 3.25. The first-order valence-corrected chi connectivity index (χ1v) is 14.2.